The van der Waals surface area contributed by atoms with Crippen LogP contribution in [0.1, 0.15) is 6.42 Å². The zero-order valence-corrected chi connectivity index (χ0v) is 22.8. The maximum absolute atomic E-state index is 11.1. The molecule has 3 saturated heterocycles. The van der Waals surface area contributed by atoms with Gasteiger partial charge in [-0.15, -0.1) is 0 Å². The van der Waals surface area contributed by atoms with E-state index in [0.29, 0.717) is 0 Å². The fourth-order valence-electron chi connectivity index (χ4n) is 5.74. The van der Waals surface area contributed by atoms with Crippen molar-refractivity contribution in [2.24, 2.45) is 34.4 Å². The molecule has 19 nitrogen and oxygen atoms in total. The smallest absolute Gasteiger partial charge is 0.187 e. The van der Waals surface area contributed by atoms with E-state index in [9.17, 15) is 35.7 Å². The zero-order chi connectivity index (χ0) is 31.0. The molecule has 19 N–H and O–H groups in total. The van der Waals surface area contributed by atoms with Gasteiger partial charge in [-0.05, 0) is 6.42 Å². The van der Waals surface area contributed by atoms with Crippen LogP contribution in [0.15, 0.2) is 0 Å². The molecule has 4 fully saturated rings. The van der Waals surface area contributed by atoms with Crippen LogP contribution >= 0.6 is 0 Å². The summed E-state index contributed by atoms with van der Waals surface area (Å²) in [5, 5.41) is 73.0. The fourth-order valence-corrected chi connectivity index (χ4v) is 5.74. The average molecular weight is 615 g/mol. The monoisotopic (exact) mass is 614 g/mol. The first-order valence-electron chi connectivity index (χ1n) is 13.9. The molecule has 19 heteroatoms. The number of nitrogens with two attached hydrogens (primary N) is 6. The molecule has 0 spiro atoms. The van der Waals surface area contributed by atoms with Crippen molar-refractivity contribution in [2.45, 2.75) is 123 Å². The van der Waals surface area contributed by atoms with Crippen molar-refractivity contribution in [1.82, 2.24) is 0 Å². The highest BCUT2D eigenvalue weighted by molar-refractivity contribution is 5.02. The minimum Gasteiger partial charge on any atom is -0.394 e. The van der Waals surface area contributed by atoms with Crippen molar-refractivity contribution < 1.29 is 64.2 Å². The molecule has 42 heavy (non-hydrogen) atoms. The lowest BCUT2D eigenvalue weighted by Crippen LogP contribution is -2.68. The Balaban J connectivity index is 1.50. The third kappa shape index (κ3) is 6.60. The average Bonchev–Trinajstić information content (AvgIpc) is 3.27. The Morgan fingerprint density at radius 2 is 0.976 bits per heavy atom. The number of aliphatic hydroxyl groups is 7. The van der Waals surface area contributed by atoms with Crippen molar-refractivity contribution in [3.8, 4) is 0 Å². The SMILES string of the molecule is NC[C@@H]1O[C@H](O[C@H]2[C@@H](O)[C@@H](O[C@@H]3[C@@H](O)[C@H](N)C[C@H](N)[C@H]3O[C@H]3O[C@H](CN)[C@@H](O)[C@H](O)[C@H]3N)O[C@@H]2CO)[C@H](N)[C@@H](O)[C@@H]1O. The lowest BCUT2D eigenvalue weighted by Gasteiger charge is -2.47. The quantitative estimate of drug-likeness (QED) is 0.115. The topological polar surface area (TPSA) is 353 Å². The van der Waals surface area contributed by atoms with Crippen LogP contribution in [0.5, 0.6) is 0 Å². The summed E-state index contributed by atoms with van der Waals surface area (Å²) in [5.74, 6) is 0. The second-order valence-corrected chi connectivity index (χ2v) is 11.2. The van der Waals surface area contributed by atoms with Gasteiger partial charge in [0.2, 0.25) is 0 Å². The summed E-state index contributed by atoms with van der Waals surface area (Å²) in [7, 11) is 0. The van der Waals surface area contributed by atoms with E-state index in [-0.39, 0.29) is 19.5 Å². The first-order valence-corrected chi connectivity index (χ1v) is 13.9. The van der Waals surface area contributed by atoms with Crippen LogP contribution < -0.4 is 34.4 Å². The zero-order valence-electron chi connectivity index (χ0n) is 22.8. The molecule has 0 aromatic heterocycles. The van der Waals surface area contributed by atoms with Gasteiger partial charge >= 0.3 is 0 Å². The number of rotatable bonds is 9. The highest BCUT2D eigenvalue weighted by Crippen LogP contribution is 2.34. The minimum absolute atomic E-state index is 0.0889. The van der Waals surface area contributed by atoms with Crippen LogP contribution in [0.4, 0.5) is 0 Å². The molecule has 0 aromatic rings. The molecule has 246 valence electrons. The normalized spacial score (nSPS) is 53.8. The van der Waals surface area contributed by atoms with Gasteiger partial charge in [-0.3, -0.25) is 0 Å². The fraction of sp³-hybridized carbons (Fsp3) is 1.00. The van der Waals surface area contributed by atoms with Crippen LogP contribution in [-0.2, 0) is 28.4 Å². The Labute approximate surface area is 241 Å². The van der Waals surface area contributed by atoms with Gasteiger partial charge < -0.3 is 98.6 Å². The van der Waals surface area contributed by atoms with Gasteiger partial charge in [0.25, 0.3) is 0 Å². The first kappa shape index (κ1) is 34.1. The summed E-state index contributed by atoms with van der Waals surface area (Å²) < 4.78 is 34.6. The van der Waals surface area contributed by atoms with E-state index in [1.807, 2.05) is 0 Å². The first-order chi connectivity index (χ1) is 19.8. The molecule has 0 bridgehead atoms. The molecule has 1 saturated carbocycles. The summed E-state index contributed by atoms with van der Waals surface area (Å²) in [5.41, 5.74) is 35.6. The molecule has 0 unspecified atom stereocenters. The summed E-state index contributed by atoms with van der Waals surface area (Å²) >= 11 is 0. The maximum atomic E-state index is 11.1. The molecule has 3 heterocycles. The molecule has 3 aliphatic heterocycles. The van der Waals surface area contributed by atoms with Crippen molar-refractivity contribution in [3.05, 3.63) is 0 Å². The highest BCUT2D eigenvalue weighted by Gasteiger charge is 2.54. The number of hydrogen-bond acceptors (Lipinski definition) is 19. The van der Waals surface area contributed by atoms with Gasteiger partial charge in [0.15, 0.2) is 18.9 Å². The maximum Gasteiger partial charge on any atom is 0.187 e. The van der Waals surface area contributed by atoms with Crippen LogP contribution in [0.3, 0.4) is 0 Å². The van der Waals surface area contributed by atoms with E-state index in [0.717, 1.165) is 0 Å². The van der Waals surface area contributed by atoms with E-state index in [2.05, 4.69) is 0 Å². The van der Waals surface area contributed by atoms with Crippen LogP contribution in [0, 0.1) is 0 Å². The van der Waals surface area contributed by atoms with Crippen LogP contribution in [0.2, 0.25) is 0 Å². The Morgan fingerprint density at radius 1 is 0.524 bits per heavy atom. The van der Waals surface area contributed by atoms with Gasteiger partial charge in [0, 0.05) is 25.2 Å². The van der Waals surface area contributed by atoms with Crippen molar-refractivity contribution in [2.75, 3.05) is 19.7 Å². The van der Waals surface area contributed by atoms with Crippen LogP contribution in [-0.4, -0.2) is 172 Å². The van der Waals surface area contributed by atoms with Crippen LogP contribution in [0.25, 0.3) is 0 Å². The largest absolute Gasteiger partial charge is 0.394 e. The third-order valence-electron chi connectivity index (χ3n) is 8.37. The van der Waals surface area contributed by atoms with E-state index in [1.165, 1.54) is 0 Å². The van der Waals surface area contributed by atoms with Gasteiger partial charge in [0.1, 0.15) is 67.1 Å². The van der Waals surface area contributed by atoms with E-state index < -0.39 is 123 Å². The molecule has 1 aliphatic carbocycles. The molecular formula is C23H46N6O13. The molecule has 4 aliphatic rings. The number of ether oxygens (including phenoxy) is 6. The van der Waals surface area contributed by atoms with Crippen molar-refractivity contribution in [3.63, 3.8) is 0 Å². The Bertz CT molecular complexity index is 868. The summed E-state index contributed by atoms with van der Waals surface area (Å²) in [6.45, 7) is -0.967. The van der Waals surface area contributed by atoms with Crippen molar-refractivity contribution >= 4 is 0 Å². The van der Waals surface area contributed by atoms with E-state index in [1.54, 1.807) is 0 Å². The predicted molar refractivity (Wildman–Crippen MR) is 138 cm³/mol. The Hall–Kier alpha value is -0.760. The van der Waals surface area contributed by atoms with Gasteiger partial charge in [0.05, 0.1) is 24.8 Å². The van der Waals surface area contributed by atoms with Gasteiger partial charge in [-0.25, -0.2) is 0 Å². The molecule has 0 radical (unpaired) electrons. The molecule has 0 amide bonds. The molecular weight excluding hydrogens is 568 g/mol. The lowest BCUT2D eigenvalue weighted by molar-refractivity contribution is -0.306. The third-order valence-corrected chi connectivity index (χ3v) is 8.37. The molecule has 19 atom stereocenters. The predicted octanol–water partition coefficient (Wildman–Crippen LogP) is -8.90. The summed E-state index contributed by atoms with van der Waals surface area (Å²) in [6.07, 6.45) is -19.8. The molecule has 4 rings (SSSR count). The second kappa shape index (κ2) is 14.1. The lowest BCUT2D eigenvalue weighted by atomic mass is 9.84. The number of hydrogen-bond donors (Lipinski definition) is 13. The van der Waals surface area contributed by atoms with Gasteiger partial charge in [-0.1, -0.05) is 0 Å². The van der Waals surface area contributed by atoms with Gasteiger partial charge in [-0.2, -0.15) is 0 Å². The Kier molecular flexibility index (Phi) is 11.5. The van der Waals surface area contributed by atoms with E-state index in [4.69, 9.17) is 62.8 Å². The standard InChI is InChI=1S/C23H46N6O13/c24-2-7-13(32)15(34)10(28)21(37-7)40-18-6(27)1-5(26)12(31)20(18)42-23-17(36)19(9(4-30)39-23)41-22-11(29)16(35)14(33)8(3-25)38-22/h5-23,30-36H,1-4,24-29H2/t5-,6+,7-,8+,9-,10-,11-,12+,13-,14-,15-,16-,17-,18-,19-,20-,21-,22-,23-/m1/s1. The summed E-state index contributed by atoms with van der Waals surface area (Å²) in [4.78, 5) is 0. The minimum atomic E-state index is -1.60. The summed E-state index contributed by atoms with van der Waals surface area (Å²) in [6, 6.07) is -4.18. The number of aliphatic hydroxyl groups excluding tert-OH is 7. The van der Waals surface area contributed by atoms with E-state index >= 15 is 0 Å². The van der Waals surface area contributed by atoms with Crippen molar-refractivity contribution in [1.29, 1.82) is 0 Å². The molecule has 0 aromatic carbocycles. The Morgan fingerprint density at radius 3 is 1.45 bits per heavy atom. The second-order valence-electron chi connectivity index (χ2n) is 11.2. The highest BCUT2D eigenvalue weighted by atomic mass is 16.8.